The van der Waals surface area contributed by atoms with Gasteiger partial charge in [-0.2, -0.15) is 0 Å². The van der Waals surface area contributed by atoms with Gasteiger partial charge in [-0.3, -0.25) is 4.79 Å². The van der Waals surface area contributed by atoms with Crippen molar-refractivity contribution < 1.29 is 14.4 Å². The molecular weight excluding hydrogens is 304 g/mol. The fraction of sp³-hybridized carbons (Fsp3) is 0.263. The maximum atomic E-state index is 12.4. The van der Waals surface area contributed by atoms with Gasteiger partial charge in [-0.25, -0.2) is 0 Å². The monoisotopic (exact) mass is 324 g/mol. The summed E-state index contributed by atoms with van der Waals surface area (Å²) in [5.41, 5.74) is 2.63. The smallest absolute Gasteiger partial charge is 0.264 e. The Hall–Kier alpha value is -2.82. The number of nitrogens with one attached hydrogen (secondary N) is 1. The lowest BCUT2D eigenvalue weighted by Crippen LogP contribution is -2.36. The number of benzene rings is 2. The minimum absolute atomic E-state index is 0.0855. The van der Waals surface area contributed by atoms with Gasteiger partial charge in [0.25, 0.3) is 5.91 Å². The fourth-order valence-electron chi connectivity index (χ4n) is 2.69. The Morgan fingerprint density at radius 3 is 2.67 bits per heavy atom. The Bertz CT molecular complexity index is 743. The van der Waals surface area contributed by atoms with Crippen LogP contribution >= 0.6 is 0 Å². The third kappa shape index (κ3) is 3.40. The van der Waals surface area contributed by atoms with Gasteiger partial charge < -0.3 is 14.9 Å². The van der Waals surface area contributed by atoms with E-state index in [1.807, 2.05) is 61.5 Å². The fourth-order valence-corrected chi connectivity index (χ4v) is 2.69. The van der Waals surface area contributed by atoms with Crippen LogP contribution in [0.5, 0.6) is 5.75 Å². The topological polar surface area (TPSA) is 59.9 Å². The summed E-state index contributed by atoms with van der Waals surface area (Å²) in [5.74, 6) is 0.554. The molecule has 0 fully saturated rings. The molecule has 2 aromatic carbocycles. The number of carbonyl (C=O) groups excluding carboxylic acids is 1. The molecule has 2 atom stereocenters. The molecule has 24 heavy (non-hydrogen) atoms. The van der Waals surface area contributed by atoms with Gasteiger partial charge in [0, 0.05) is 12.0 Å². The molecule has 0 unspecified atom stereocenters. The van der Waals surface area contributed by atoms with Crippen molar-refractivity contribution in [2.24, 2.45) is 5.16 Å². The van der Waals surface area contributed by atoms with Crippen LogP contribution < -0.4 is 10.1 Å². The second kappa shape index (κ2) is 7.17. The Kier molecular flexibility index (Phi) is 4.79. The zero-order chi connectivity index (χ0) is 16.9. The second-order valence-corrected chi connectivity index (χ2v) is 5.68. The standard InChI is InChI=1S/C19H20N2O3/c1-13(14-8-4-3-5-9-14)20-19(22)18-12-16(21-24-18)15-10-6-7-11-17(15)23-2/h3-11,13,18H,12H2,1-2H3,(H,20,22)/t13-,18+/m1/s1. The van der Waals surface area contributed by atoms with E-state index >= 15 is 0 Å². The van der Waals surface area contributed by atoms with E-state index < -0.39 is 6.10 Å². The molecule has 5 nitrogen and oxygen atoms in total. The van der Waals surface area contributed by atoms with Crippen molar-refractivity contribution in [3.63, 3.8) is 0 Å². The van der Waals surface area contributed by atoms with Crippen molar-refractivity contribution in [3.8, 4) is 5.75 Å². The Balaban J connectivity index is 1.63. The highest BCUT2D eigenvalue weighted by molar-refractivity contribution is 6.05. The highest BCUT2D eigenvalue weighted by atomic mass is 16.6. The number of methoxy groups -OCH3 is 1. The first-order valence-corrected chi connectivity index (χ1v) is 7.90. The molecule has 1 N–H and O–H groups in total. The minimum atomic E-state index is -0.615. The lowest BCUT2D eigenvalue weighted by atomic mass is 10.0. The van der Waals surface area contributed by atoms with Crippen LogP contribution in [-0.2, 0) is 9.63 Å². The van der Waals surface area contributed by atoms with Crippen molar-refractivity contribution in [1.82, 2.24) is 5.32 Å². The van der Waals surface area contributed by atoms with Gasteiger partial charge >= 0.3 is 0 Å². The van der Waals surface area contributed by atoms with Crippen LogP contribution in [0.4, 0.5) is 0 Å². The van der Waals surface area contributed by atoms with Gasteiger partial charge in [0.2, 0.25) is 6.10 Å². The van der Waals surface area contributed by atoms with Gasteiger partial charge in [0.15, 0.2) is 0 Å². The summed E-state index contributed by atoms with van der Waals surface area (Å²) >= 11 is 0. The van der Waals surface area contributed by atoms with Gasteiger partial charge in [0.05, 0.1) is 18.9 Å². The number of hydrogen-bond donors (Lipinski definition) is 1. The second-order valence-electron chi connectivity index (χ2n) is 5.68. The van der Waals surface area contributed by atoms with Crippen LogP contribution in [0.3, 0.4) is 0 Å². The lowest BCUT2D eigenvalue weighted by Gasteiger charge is -2.16. The van der Waals surface area contributed by atoms with E-state index in [0.29, 0.717) is 6.42 Å². The number of nitrogens with zero attached hydrogens (tertiary/aromatic N) is 1. The summed E-state index contributed by atoms with van der Waals surface area (Å²) < 4.78 is 5.34. The van der Waals surface area contributed by atoms with Crippen molar-refractivity contribution in [2.45, 2.75) is 25.5 Å². The molecule has 1 aliphatic rings. The van der Waals surface area contributed by atoms with Crippen molar-refractivity contribution in [2.75, 3.05) is 7.11 Å². The normalized spacial score (nSPS) is 17.6. The Morgan fingerprint density at radius 2 is 1.92 bits per heavy atom. The zero-order valence-corrected chi connectivity index (χ0v) is 13.7. The molecular formula is C19H20N2O3. The van der Waals surface area contributed by atoms with E-state index in [9.17, 15) is 4.79 Å². The van der Waals surface area contributed by atoms with Crippen LogP contribution in [0, 0.1) is 0 Å². The van der Waals surface area contributed by atoms with E-state index in [4.69, 9.17) is 9.57 Å². The van der Waals surface area contributed by atoms with Crippen LogP contribution in [0.2, 0.25) is 0 Å². The van der Waals surface area contributed by atoms with E-state index in [0.717, 1.165) is 22.6 Å². The van der Waals surface area contributed by atoms with Crippen molar-refractivity contribution >= 4 is 11.6 Å². The summed E-state index contributed by atoms with van der Waals surface area (Å²) in [5, 5.41) is 7.04. The Labute approximate surface area is 141 Å². The van der Waals surface area contributed by atoms with Crippen molar-refractivity contribution in [1.29, 1.82) is 0 Å². The molecule has 0 saturated heterocycles. The number of amides is 1. The SMILES string of the molecule is COc1ccccc1C1=NO[C@H](C(=O)N[C@H](C)c2ccccc2)C1. The first kappa shape index (κ1) is 16.1. The lowest BCUT2D eigenvalue weighted by molar-refractivity contribution is -0.131. The molecule has 0 aromatic heterocycles. The first-order valence-electron chi connectivity index (χ1n) is 7.90. The number of carbonyl (C=O) groups is 1. The average molecular weight is 324 g/mol. The van der Waals surface area contributed by atoms with Crippen LogP contribution in [0.15, 0.2) is 59.8 Å². The molecule has 0 saturated carbocycles. The molecule has 124 valence electrons. The molecule has 2 aromatic rings. The van der Waals surface area contributed by atoms with E-state index in [1.165, 1.54) is 0 Å². The summed E-state index contributed by atoms with van der Waals surface area (Å²) in [6, 6.07) is 17.3. The van der Waals surface area contributed by atoms with Gasteiger partial charge in [-0.05, 0) is 24.6 Å². The maximum absolute atomic E-state index is 12.4. The average Bonchev–Trinajstić information content (AvgIpc) is 3.12. The third-order valence-electron chi connectivity index (χ3n) is 4.04. The first-order chi connectivity index (χ1) is 11.7. The van der Waals surface area contributed by atoms with Gasteiger partial charge in [-0.1, -0.05) is 47.6 Å². The summed E-state index contributed by atoms with van der Waals surface area (Å²) in [7, 11) is 1.61. The maximum Gasteiger partial charge on any atom is 0.264 e. The number of oxime groups is 1. The summed E-state index contributed by atoms with van der Waals surface area (Å²) in [4.78, 5) is 17.8. The minimum Gasteiger partial charge on any atom is -0.496 e. The summed E-state index contributed by atoms with van der Waals surface area (Å²) in [6.45, 7) is 1.95. The predicted octanol–water partition coefficient (Wildman–Crippen LogP) is 3.07. The highest BCUT2D eigenvalue weighted by Crippen LogP contribution is 2.25. The van der Waals surface area contributed by atoms with Crippen molar-refractivity contribution in [3.05, 3.63) is 65.7 Å². The highest BCUT2D eigenvalue weighted by Gasteiger charge is 2.30. The van der Waals surface area contributed by atoms with Crippen LogP contribution in [0.1, 0.15) is 30.5 Å². The molecule has 0 aliphatic carbocycles. The van der Waals surface area contributed by atoms with Crippen LogP contribution in [0.25, 0.3) is 0 Å². The number of hydrogen-bond acceptors (Lipinski definition) is 4. The van der Waals surface area contributed by atoms with E-state index in [-0.39, 0.29) is 11.9 Å². The molecule has 1 heterocycles. The molecule has 1 amide bonds. The number of para-hydroxylation sites is 1. The number of ether oxygens (including phenoxy) is 1. The third-order valence-corrected chi connectivity index (χ3v) is 4.04. The van der Waals surface area contributed by atoms with E-state index in [2.05, 4.69) is 10.5 Å². The van der Waals surface area contributed by atoms with Gasteiger partial charge in [0.1, 0.15) is 5.75 Å². The molecule has 0 bridgehead atoms. The molecule has 0 spiro atoms. The molecule has 5 heteroatoms. The van der Waals surface area contributed by atoms with Gasteiger partial charge in [-0.15, -0.1) is 0 Å². The molecule has 0 radical (unpaired) electrons. The number of rotatable bonds is 5. The predicted molar refractivity (Wildman–Crippen MR) is 92.0 cm³/mol. The Morgan fingerprint density at radius 1 is 1.21 bits per heavy atom. The summed E-state index contributed by atoms with van der Waals surface area (Å²) in [6.07, 6.45) is -0.190. The van der Waals surface area contributed by atoms with Crippen LogP contribution in [-0.4, -0.2) is 24.8 Å². The molecule has 1 aliphatic heterocycles. The quantitative estimate of drug-likeness (QED) is 0.919. The van der Waals surface area contributed by atoms with E-state index in [1.54, 1.807) is 7.11 Å². The zero-order valence-electron chi connectivity index (χ0n) is 13.7. The molecule has 3 rings (SSSR count). The largest absolute Gasteiger partial charge is 0.496 e.